The van der Waals surface area contributed by atoms with Gasteiger partial charge in [-0.15, -0.1) is 0 Å². The number of amides is 1. The molecule has 2 aromatic heterocycles. The highest BCUT2D eigenvalue weighted by molar-refractivity contribution is 7.99. The van der Waals surface area contributed by atoms with E-state index in [0.29, 0.717) is 50.0 Å². The van der Waals surface area contributed by atoms with Crippen LogP contribution in [0.1, 0.15) is 60.2 Å². The normalized spacial score (nSPS) is 18.0. The van der Waals surface area contributed by atoms with Gasteiger partial charge in [-0.05, 0) is 36.1 Å². The molecule has 0 bridgehead atoms. The van der Waals surface area contributed by atoms with Crippen LogP contribution >= 0.6 is 11.8 Å². The number of esters is 1. The van der Waals surface area contributed by atoms with Crippen molar-refractivity contribution in [2.45, 2.75) is 75.0 Å². The Kier molecular flexibility index (Phi) is 8.81. The summed E-state index contributed by atoms with van der Waals surface area (Å²) in [7, 11) is 1.39. The van der Waals surface area contributed by atoms with Gasteiger partial charge in [-0.25, -0.2) is 4.98 Å². The number of benzene rings is 1. The highest BCUT2D eigenvalue weighted by Crippen LogP contribution is 2.33. The Bertz CT molecular complexity index is 1460. The van der Waals surface area contributed by atoms with Gasteiger partial charge in [0.25, 0.3) is 5.56 Å². The molecule has 6 rings (SSSR count). The number of aromatic nitrogens is 2. The summed E-state index contributed by atoms with van der Waals surface area (Å²) in [6.45, 7) is 3.40. The molecule has 1 aliphatic carbocycles. The number of nitrogens with zero attached hydrogens (tertiary/aromatic N) is 4. The molecule has 222 valence electrons. The monoisotopic (exact) mass is 590 g/mol. The van der Waals surface area contributed by atoms with Gasteiger partial charge in [-0.1, -0.05) is 55.3 Å². The molecule has 1 aromatic carbocycles. The third kappa shape index (κ3) is 6.49. The molecule has 9 nitrogen and oxygen atoms in total. The number of furan rings is 1. The lowest BCUT2D eigenvalue weighted by atomic mass is 9.95. The van der Waals surface area contributed by atoms with E-state index >= 15 is 0 Å². The molecule has 10 heteroatoms. The first-order chi connectivity index (χ1) is 20.5. The third-order valence-corrected chi connectivity index (χ3v) is 9.95. The van der Waals surface area contributed by atoms with E-state index in [0.717, 1.165) is 47.1 Å². The van der Waals surface area contributed by atoms with Crippen molar-refractivity contribution < 1.29 is 18.7 Å². The second-order valence-corrected chi connectivity index (χ2v) is 12.9. The second kappa shape index (κ2) is 12.9. The lowest BCUT2D eigenvalue weighted by Gasteiger charge is -2.41. The van der Waals surface area contributed by atoms with Crippen molar-refractivity contribution in [3.8, 4) is 0 Å². The van der Waals surface area contributed by atoms with Gasteiger partial charge in [0.15, 0.2) is 5.16 Å². The fourth-order valence-electron chi connectivity index (χ4n) is 6.17. The van der Waals surface area contributed by atoms with Gasteiger partial charge < -0.3 is 14.1 Å². The molecule has 0 spiro atoms. The molecule has 0 unspecified atom stereocenters. The average Bonchev–Trinajstić information content (AvgIpc) is 3.51. The SMILES string of the molecule is COC(=O)Cc1ccc(CN2CC(C(=O)N3CCc4nc(SC5CCCCC5)n(Cc5ccco5)c(=O)c4C3)C2)cc1. The number of rotatable bonds is 9. The van der Waals surface area contributed by atoms with Crippen LogP contribution in [0.5, 0.6) is 0 Å². The predicted molar refractivity (Wildman–Crippen MR) is 159 cm³/mol. The summed E-state index contributed by atoms with van der Waals surface area (Å²) in [5, 5.41) is 1.25. The van der Waals surface area contributed by atoms with Crippen molar-refractivity contribution >= 4 is 23.6 Å². The van der Waals surface area contributed by atoms with E-state index in [1.165, 1.54) is 26.4 Å². The van der Waals surface area contributed by atoms with E-state index in [1.54, 1.807) is 22.6 Å². The van der Waals surface area contributed by atoms with Crippen LogP contribution in [0.25, 0.3) is 0 Å². The molecule has 3 aromatic rings. The van der Waals surface area contributed by atoms with Crippen LogP contribution in [0.2, 0.25) is 0 Å². The summed E-state index contributed by atoms with van der Waals surface area (Å²) in [5.74, 6) is 0.520. The maximum Gasteiger partial charge on any atom is 0.309 e. The van der Waals surface area contributed by atoms with E-state index in [4.69, 9.17) is 14.1 Å². The van der Waals surface area contributed by atoms with Crippen molar-refractivity contribution in [3.63, 3.8) is 0 Å². The van der Waals surface area contributed by atoms with E-state index in [1.807, 2.05) is 41.3 Å². The second-order valence-electron chi connectivity index (χ2n) is 11.6. The van der Waals surface area contributed by atoms with Crippen LogP contribution in [0.4, 0.5) is 0 Å². The molecular weight excluding hydrogens is 552 g/mol. The first-order valence-corrected chi connectivity index (χ1v) is 15.8. The Morgan fingerprint density at radius 3 is 2.52 bits per heavy atom. The number of carbonyl (C=O) groups excluding carboxylic acids is 2. The minimum atomic E-state index is -0.252. The highest BCUT2D eigenvalue weighted by Gasteiger charge is 2.37. The summed E-state index contributed by atoms with van der Waals surface area (Å²) in [6.07, 6.45) is 8.53. The van der Waals surface area contributed by atoms with Gasteiger partial charge >= 0.3 is 5.97 Å². The van der Waals surface area contributed by atoms with Crippen LogP contribution in [0.3, 0.4) is 0 Å². The van der Waals surface area contributed by atoms with Crippen molar-refractivity contribution in [1.82, 2.24) is 19.4 Å². The number of thioether (sulfide) groups is 1. The molecule has 2 aliphatic heterocycles. The van der Waals surface area contributed by atoms with Crippen molar-refractivity contribution in [3.05, 3.63) is 81.2 Å². The van der Waals surface area contributed by atoms with Crippen LogP contribution in [0.15, 0.2) is 57.0 Å². The van der Waals surface area contributed by atoms with Crippen molar-refractivity contribution in [2.24, 2.45) is 5.92 Å². The Morgan fingerprint density at radius 1 is 1.05 bits per heavy atom. The maximum atomic E-state index is 13.9. The van der Waals surface area contributed by atoms with Gasteiger partial charge in [0.2, 0.25) is 5.91 Å². The number of carbonyl (C=O) groups is 2. The highest BCUT2D eigenvalue weighted by atomic mass is 32.2. The Morgan fingerprint density at radius 2 is 1.81 bits per heavy atom. The summed E-state index contributed by atoms with van der Waals surface area (Å²) < 4.78 is 12.1. The van der Waals surface area contributed by atoms with Gasteiger partial charge in [-0.2, -0.15) is 0 Å². The van der Waals surface area contributed by atoms with Crippen LogP contribution in [-0.2, 0) is 46.8 Å². The average molecular weight is 591 g/mol. The minimum Gasteiger partial charge on any atom is -0.469 e. The minimum absolute atomic E-state index is 0.0573. The largest absolute Gasteiger partial charge is 0.469 e. The molecule has 2 fully saturated rings. The summed E-state index contributed by atoms with van der Waals surface area (Å²) in [5.41, 5.74) is 3.48. The smallest absolute Gasteiger partial charge is 0.309 e. The number of methoxy groups -OCH3 is 1. The number of likely N-dealkylation sites (tertiary alicyclic amines) is 1. The number of hydrogen-bond acceptors (Lipinski definition) is 8. The zero-order valence-corrected chi connectivity index (χ0v) is 24.9. The maximum absolute atomic E-state index is 13.9. The fourth-order valence-corrected chi connectivity index (χ4v) is 7.48. The van der Waals surface area contributed by atoms with Crippen LogP contribution < -0.4 is 5.56 Å². The van der Waals surface area contributed by atoms with Gasteiger partial charge in [0.05, 0.1) is 50.1 Å². The van der Waals surface area contributed by atoms with Gasteiger partial charge in [0, 0.05) is 37.8 Å². The van der Waals surface area contributed by atoms with Crippen molar-refractivity contribution in [2.75, 3.05) is 26.7 Å². The van der Waals surface area contributed by atoms with E-state index in [9.17, 15) is 14.4 Å². The fraction of sp³-hybridized carbons (Fsp3) is 0.500. The molecule has 0 N–H and O–H groups in total. The lowest BCUT2D eigenvalue weighted by Crippen LogP contribution is -2.55. The molecule has 3 aliphatic rings. The van der Waals surface area contributed by atoms with E-state index < -0.39 is 0 Å². The number of ether oxygens (including phenoxy) is 1. The Hall–Kier alpha value is -3.37. The molecular formula is C32H38N4O5S. The molecule has 1 saturated heterocycles. The van der Waals surface area contributed by atoms with Crippen LogP contribution in [-0.4, -0.2) is 63.2 Å². The summed E-state index contributed by atoms with van der Waals surface area (Å²) in [6, 6.07) is 11.7. The summed E-state index contributed by atoms with van der Waals surface area (Å²) >= 11 is 1.73. The number of hydrogen-bond donors (Lipinski definition) is 0. The third-order valence-electron chi connectivity index (χ3n) is 8.62. The van der Waals surface area contributed by atoms with E-state index in [-0.39, 0.29) is 29.8 Å². The van der Waals surface area contributed by atoms with Gasteiger partial charge in [0.1, 0.15) is 5.76 Å². The Balaban J connectivity index is 1.10. The molecule has 0 atom stereocenters. The topological polar surface area (TPSA) is 97.9 Å². The molecule has 1 amide bonds. The predicted octanol–water partition coefficient (Wildman–Crippen LogP) is 4.04. The van der Waals surface area contributed by atoms with E-state index in [2.05, 4.69) is 4.90 Å². The lowest BCUT2D eigenvalue weighted by molar-refractivity contribution is -0.142. The van der Waals surface area contributed by atoms with Crippen LogP contribution in [0, 0.1) is 5.92 Å². The zero-order valence-electron chi connectivity index (χ0n) is 24.1. The standard InChI is InChI=1S/C32H38N4O5S/c1-40-29(37)16-22-9-11-23(12-10-22)17-34-18-24(19-34)30(38)35-14-13-28-27(21-35)31(39)36(20-25-6-5-15-41-25)32(33-28)42-26-7-3-2-4-8-26/h5-6,9-12,15,24,26H,2-4,7-8,13-14,16-21H2,1H3. The molecule has 42 heavy (non-hydrogen) atoms. The first-order valence-electron chi connectivity index (χ1n) is 14.9. The number of fused-ring (bicyclic) bond motifs is 1. The molecule has 1 saturated carbocycles. The molecule has 4 heterocycles. The van der Waals surface area contributed by atoms with Gasteiger partial charge in [-0.3, -0.25) is 23.9 Å². The Labute approximate surface area is 250 Å². The molecule has 0 radical (unpaired) electrons. The first kappa shape index (κ1) is 28.7. The zero-order chi connectivity index (χ0) is 29.1. The van der Waals surface area contributed by atoms with Crippen molar-refractivity contribution in [1.29, 1.82) is 0 Å². The summed E-state index contributed by atoms with van der Waals surface area (Å²) in [4.78, 5) is 47.9. The quantitative estimate of drug-likeness (QED) is 0.272.